The molecular weight excluding hydrogens is 448 g/mol. The molecule has 0 bridgehead atoms. The van der Waals surface area contributed by atoms with Crippen LogP contribution in [0.15, 0.2) is 60.7 Å². The lowest BCUT2D eigenvalue weighted by Crippen LogP contribution is -2.35. The van der Waals surface area contributed by atoms with E-state index < -0.39 is 17.7 Å². The zero-order valence-electron chi connectivity index (χ0n) is 20.6. The first kappa shape index (κ1) is 25.8. The van der Waals surface area contributed by atoms with E-state index in [1.165, 1.54) is 12.0 Å². The number of Topliss-reactive ketones (excluding diaryl/α,β-unsaturated/α-hetero) is 1. The molecule has 1 saturated heterocycles. The summed E-state index contributed by atoms with van der Waals surface area (Å²) in [5.41, 5.74) is 1.07. The van der Waals surface area contributed by atoms with Gasteiger partial charge in [0.1, 0.15) is 18.1 Å². The minimum atomic E-state index is -0.788. The maximum Gasteiger partial charge on any atom is 0.295 e. The zero-order valence-corrected chi connectivity index (χ0v) is 20.6. The lowest BCUT2D eigenvalue weighted by molar-refractivity contribution is -0.140. The third-order valence-corrected chi connectivity index (χ3v) is 5.63. The van der Waals surface area contributed by atoms with Gasteiger partial charge in [-0.25, -0.2) is 0 Å². The van der Waals surface area contributed by atoms with E-state index in [0.717, 1.165) is 0 Å². The summed E-state index contributed by atoms with van der Waals surface area (Å²) in [4.78, 5) is 29.7. The van der Waals surface area contributed by atoms with Crippen LogP contribution >= 0.6 is 0 Å². The van der Waals surface area contributed by atoms with Crippen LogP contribution in [-0.4, -0.2) is 74.1 Å². The fraction of sp³-hybridized carbons (Fsp3) is 0.333. The van der Waals surface area contributed by atoms with Crippen molar-refractivity contribution in [3.63, 3.8) is 0 Å². The number of ether oxygens (including phenoxy) is 3. The summed E-state index contributed by atoms with van der Waals surface area (Å²) in [6, 6.07) is 11.2. The second-order valence-corrected chi connectivity index (χ2v) is 8.26. The van der Waals surface area contributed by atoms with Crippen molar-refractivity contribution in [1.82, 2.24) is 9.80 Å². The van der Waals surface area contributed by atoms with Gasteiger partial charge in [0.25, 0.3) is 11.7 Å². The molecule has 35 heavy (non-hydrogen) atoms. The average molecular weight is 481 g/mol. The number of ketones is 1. The molecular formula is C27H32N2O6. The number of likely N-dealkylation sites (tertiary alicyclic amines) is 1. The predicted octanol–water partition coefficient (Wildman–Crippen LogP) is 3.64. The van der Waals surface area contributed by atoms with Crippen molar-refractivity contribution in [2.24, 2.45) is 0 Å². The molecule has 8 nitrogen and oxygen atoms in total. The Bertz CT molecular complexity index is 1110. The number of carbonyl (C=O) groups is 2. The van der Waals surface area contributed by atoms with Gasteiger partial charge in [-0.3, -0.25) is 9.59 Å². The summed E-state index contributed by atoms with van der Waals surface area (Å²) in [7, 11) is 5.30. The van der Waals surface area contributed by atoms with Crippen molar-refractivity contribution in [2.45, 2.75) is 13.0 Å². The standard InChI is InChI=1S/C27H32N2O6/c1-6-16-35-21-13-10-19(17-22(21)33-5)24-23(26(31)27(32)29(24)15-14-28(3)4)25(30)18-8-11-20(12-9-18)34-7-2/h6,8-13,17,24,30H,1,7,14-16H2,2-5H3. The summed E-state index contributed by atoms with van der Waals surface area (Å²) >= 11 is 0. The molecule has 2 aromatic rings. The molecule has 0 aromatic heterocycles. The smallest absolute Gasteiger partial charge is 0.295 e. The Morgan fingerprint density at radius 3 is 2.43 bits per heavy atom. The summed E-state index contributed by atoms with van der Waals surface area (Å²) in [5.74, 6) is -0.0283. The molecule has 1 amide bonds. The predicted molar refractivity (Wildman–Crippen MR) is 134 cm³/mol. The number of amides is 1. The van der Waals surface area contributed by atoms with E-state index in [-0.39, 0.29) is 11.3 Å². The van der Waals surface area contributed by atoms with Crippen LogP contribution in [0.5, 0.6) is 17.2 Å². The molecule has 1 aliphatic rings. The number of nitrogens with zero attached hydrogens (tertiary/aromatic N) is 2. The Balaban J connectivity index is 2.12. The van der Waals surface area contributed by atoms with Crippen LogP contribution in [0.1, 0.15) is 24.1 Å². The van der Waals surface area contributed by atoms with Crippen molar-refractivity contribution in [3.8, 4) is 17.2 Å². The molecule has 1 aliphatic heterocycles. The maximum absolute atomic E-state index is 13.2. The second-order valence-electron chi connectivity index (χ2n) is 8.26. The number of carbonyl (C=O) groups excluding carboxylic acids is 2. The van der Waals surface area contributed by atoms with Crippen molar-refractivity contribution in [1.29, 1.82) is 0 Å². The van der Waals surface area contributed by atoms with E-state index in [2.05, 4.69) is 6.58 Å². The highest BCUT2D eigenvalue weighted by atomic mass is 16.5. The molecule has 186 valence electrons. The number of methoxy groups -OCH3 is 1. The van der Waals surface area contributed by atoms with Gasteiger partial charge in [-0.1, -0.05) is 18.7 Å². The third-order valence-electron chi connectivity index (χ3n) is 5.63. The van der Waals surface area contributed by atoms with Crippen LogP contribution in [0.25, 0.3) is 5.76 Å². The van der Waals surface area contributed by atoms with Crippen LogP contribution in [-0.2, 0) is 9.59 Å². The Kier molecular flexibility index (Phi) is 8.54. The topological polar surface area (TPSA) is 88.5 Å². The highest BCUT2D eigenvalue weighted by Crippen LogP contribution is 2.42. The quantitative estimate of drug-likeness (QED) is 0.227. The fourth-order valence-corrected chi connectivity index (χ4v) is 3.92. The molecule has 1 fully saturated rings. The minimum Gasteiger partial charge on any atom is -0.507 e. The van der Waals surface area contributed by atoms with Crippen molar-refractivity contribution in [2.75, 3.05) is 47.5 Å². The van der Waals surface area contributed by atoms with Crippen molar-refractivity contribution >= 4 is 17.4 Å². The molecule has 0 spiro atoms. The lowest BCUT2D eigenvalue weighted by Gasteiger charge is -2.27. The van der Waals surface area contributed by atoms with E-state index in [1.54, 1.807) is 48.5 Å². The maximum atomic E-state index is 13.2. The van der Waals surface area contributed by atoms with Gasteiger partial charge in [-0.05, 0) is 63.0 Å². The summed E-state index contributed by atoms with van der Waals surface area (Å²) < 4.78 is 16.6. The van der Waals surface area contributed by atoms with E-state index in [4.69, 9.17) is 14.2 Å². The molecule has 2 aromatic carbocycles. The first-order chi connectivity index (χ1) is 16.8. The van der Waals surface area contributed by atoms with Gasteiger partial charge in [-0.15, -0.1) is 0 Å². The number of aliphatic hydroxyl groups is 1. The Labute approximate surface area is 206 Å². The largest absolute Gasteiger partial charge is 0.507 e. The van der Waals surface area contributed by atoms with Crippen molar-refractivity contribution < 1.29 is 28.9 Å². The van der Waals surface area contributed by atoms with Gasteiger partial charge in [0.15, 0.2) is 11.5 Å². The van der Waals surface area contributed by atoms with Crippen LogP contribution in [0.2, 0.25) is 0 Å². The number of benzene rings is 2. The normalized spacial score (nSPS) is 17.1. The molecule has 1 heterocycles. The summed E-state index contributed by atoms with van der Waals surface area (Å²) in [6.07, 6.45) is 1.63. The molecule has 3 rings (SSSR count). The van der Waals surface area contributed by atoms with Gasteiger partial charge in [0.2, 0.25) is 0 Å². The van der Waals surface area contributed by atoms with Crippen LogP contribution < -0.4 is 14.2 Å². The molecule has 8 heteroatoms. The zero-order chi connectivity index (χ0) is 25.5. The van der Waals surface area contributed by atoms with Gasteiger partial charge >= 0.3 is 0 Å². The molecule has 1 atom stereocenters. The van der Waals surface area contributed by atoms with Crippen LogP contribution in [0.4, 0.5) is 0 Å². The minimum absolute atomic E-state index is 0.0275. The first-order valence-electron chi connectivity index (χ1n) is 11.4. The Hall–Kier alpha value is -3.78. The Morgan fingerprint density at radius 2 is 1.83 bits per heavy atom. The van der Waals surface area contributed by atoms with Gasteiger partial charge in [0, 0.05) is 18.7 Å². The van der Waals surface area contributed by atoms with Crippen LogP contribution in [0, 0.1) is 0 Å². The molecule has 1 N–H and O–H groups in total. The first-order valence-corrected chi connectivity index (χ1v) is 11.4. The number of hydrogen-bond acceptors (Lipinski definition) is 7. The number of rotatable bonds is 11. The fourth-order valence-electron chi connectivity index (χ4n) is 3.92. The molecule has 0 aliphatic carbocycles. The van der Waals surface area contributed by atoms with Crippen LogP contribution in [0.3, 0.4) is 0 Å². The second kappa shape index (κ2) is 11.6. The SMILES string of the molecule is C=CCOc1ccc(C2C(=C(O)c3ccc(OCC)cc3)C(=O)C(=O)N2CCN(C)C)cc1OC. The number of hydrogen-bond donors (Lipinski definition) is 1. The average Bonchev–Trinajstić information content (AvgIpc) is 3.11. The number of likely N-dealkylation sites (N-methyl/N-ethyl adjacent to an activating group) is 1. The highest BCUT2D eigenvalue weighted by Gasteiger charge is 2.46. The van der Waals surface area contributed by atoms with E-state index in [1.807, 2.05) is 25.9 Å². The Morgan fingerprint density at radius 1 is 1.11 bits per heavy atom. The number of aliphatic hydroxyl groups excluding tert-OH is 1. The van der Waals surface area contributed by atoms with E-state index in [9.17, 15) is 14.7 Å². The summed E-state index contributed by atoms with van der Waals surface area (Å²) in [5, 5.41) is 11.2. The highest BCUT2D eigenvalue weighted by molar-refractivity contribution is 6.46. The summed E-state index contributed by atoms with van der Waals surface area (Å²) in [6.45, 7) is 7.20. The molecule has 0 saturated carbocycles. The lowest BCUT2D eigenvalue weighted by atomic mass is 9.95. The van der Waals surface area contributed by atoms with Gasteiger partial charge in [0.05, 0.1) is 25.3 Å². The van der Waals surface area contributed by atoms with E-state index >= 15 is 0 Å². The molecule has 0 radical (unpaired) electrons. The van der Waals surface area contributed by atoms with Crippen molar-refractivity contribution in [3.05, 3.63) is 71.8 Å². The van der Waals surface area contributed by atoms with Gasteiger partial charge in [-0.2, -0.15) is 0 Å². The van der Waals surface area contributed by atoms with Gasteiger partial charge < -0.3 is 29.1 Å². The third kappa shape index (κ3) is 5.66. The van der Waals surface area contributed by atoms with E-state index in [0.29, 0.717) is 54.7 Å². The monoisotopic (exact) mass is 480 g/mol. The molecule has 1 unspecified atom stereocenters.